The topological polar surface area (TPSA) is 38.7 Å². The van der Waals surface area contributed by atoms with E-state index in [9.17, 15) is 4.57 Å². The molecule has 0 saturated carbocycles. The van der Waals surface area contributed by atoms with E-state index in [2.05, 4.69) is 4.76 Å². The van der Waals surface area contributed by atoms with Gasteiger partial charge in [0.1, 0.15) is 6.61 Å². The lowest BCUT2D eigenvalue weighted by Gasteiger charge is -2.07. The fourth-order valence-corrected chi connectivity index (χ4v) is 2.54. The minimum absolute atomic E-state index is 0.460. The van der Waals surface area contributed by atoms with E-state index in [-0.39, 0.29) is 0 Å². The van der Waals surface area contributed by atoms with Crippen LogP contribution in [-0.2, 0) is 9.09 Å². The monoisotopic (exact) mass is 196 g/mol. The van der Waals surface area contributed by atoms with Gasteiger partial charge in [0.25, 0.3) is 0 Å². The van der Waals surface area contributed by atoms with Gasteiger partial charge in [0.15, 0.2) is 4.38 Å². The molecule has 3 nitrogen and oxygen atoms in total. The highest BCUT2D eigenvalue weighted by atomic mass is 32.3. The van der Waals surface area contributed by atoms with Crippen molar-refractivity contribution in [2.24, 2.45) is 4.76 Å². The highest BCUT2D eigenvalue weighted by Crippen LogP contribution is 2.38. The molecule has 1 aliphatic rings. The normalized spacial score (nSPS) is 18.1. The molecule has 1 rings (SSSR count). The number of hydrogen-bond donors (Lipinski definition) is 0. The van der Waals surface area contributed by atoms with E-state index in [0.29, 0.717) is 6.61 Å². The number of rotatable bonds is 3. The Bertz CT molecular complexity index is 167. The van der Waals surface area contributed by atoms with Gasteiger partial charge in [-0.25, -0.2) is 0 Å². The molecule has 1 aliphatic heterocycles. The maximum absolute atomic E-state index is 10.8. The lowest BCUT2D eigenvalue weighted by atomic mass is 10.9. The summed E-state index contributed by atoms with van der Waals surface area (Å²) in [6, 6.07) is 0. The molecule has 6 heteroatoms. The summed E-state index contributed by atoms with van der Waals surface area (Å²) in [5, 5.41) is 1.02. The largest absolute Gasteiger partial charge is 0.670 e. The average Bonchev–Trinajstić information content (AvgIpc) is 1.80. The molecule has 0 N–H and O–H groups in total. The predicted molar refractivity (Wildman–Crippen MR) is 46.7 cm³/mol. The van der Waals surface area contributed by atoms with Crippen LogP contribution in [0.3, 0.4) is 0 Å². The minimum Gasteiger partial charge on any atom is -0.124 e. The van der Waals surface area contributed by atoms with Crippen molar-refractivity contribution in [2.45, 2.75) is 6.92 Å². The van der Waals surface area contributed by atoms with Gasteiger partial charge in [-0.05, 0) is 6.92 Å². The van der Waals surface area contributed by atoms with E-state index in [4.69, 9.17) is 4.52 Å². The zero-order valence-corrected chi connectivity index (χ0v) is 7.97. The quantitative estimate of drug-likeness (QED) is 0.650. The molecule has 0 bridgehead atoms. The molecule has 0 radical (unpaired) electrons. The Morgan fingerprint density at radius 1 is 1.80 bits per heavy atom. The van der Waals surface area contributed by atoms with E-state index in [1.807, 2.05) is 0 Å². The van der Waals surface area contributed by atoms with Gasteiger partial charge >= 0.3 is 8.18 Å². The third kappa shape index (κ3) is 2.58. The summed E-state index contributed by atoms with van der Waals surface area (Å²) in [6.45, 7) is 2.26. The fourth-order valence-electron chi connectivity index (χ4n) is 0.375. The fraction of sp³-hybridized carbons (Fsp3) is 0.750. The van der Waals surface area contributed by atoms with Crippen LogP contribution < -0.4 is 0 Å². The van der Waals surface area contributed by atoms with Crippen LogP contribution >= 0.6 is 31.7 Å². The molecule has 1 fully saturated rings. The Morgan fingerprint density at radius 2 is 2.50 bits per heavy atom. The third-order valence-electron chi connectivity index (χ3n) is 0.768. The van der Waals surface area contributed by atoms with Crippen LogP contribution in [0.25, 0.3) is 0 Å². The second-order valence-electron chi connectivity index (χ2n) is 1.43. The molecule has 1 atom stereocenters. The second kappa shape index (κ2) is 4.34. The van der Waals surface area contributed by atoms with E-state index >= 15 is 0 Å². The van der Waals surface area contributed by atoms with Crippen molar-refractivity contribution in [3.05, 3.63) is 0 Å². The number of hydrogen-bond acceptors (Lipinski definition) is 4. The molecular formula is C4H7NO2PS2+. The summed E-state index contributed by atoms with van der Waals surface area (Å²) in [4.78, 5) is 0. The zero-order valence-electron chi connectivity index (χ0n) is 5.44. The molecule has 0 aromatic heterocycles. The van der Waals surface area contributed by atoms with Crippen LogP contribution in [0.4, 0.5) is 0 Å². The van der Waals surface area contributed by atoms with Crippen LogP contribution in [0.5, 0.6) is 0 Å². The van der Waals surface area contributed by atoms with E-state index in [1.54, 1.807) is 30.4 Å². The molecule has 0 aliphatic carbocycles. The highest BCUT2D eigenvalue weighted by molar-refractivity contribution is 8.52. The zero-order chi connectivity index (χ0) is 7.40. The van der Waals surface area contributed by atoms with Crippen molar-refractivity contribution in [2.75, 3.05) is 11.7 Å². The Balaban J connectivity index is 2.28. The first-order valence-electron chi connectivity index (χ1n) is 2.77. The van der Waals surface area contributed by atoms with Crippen LogP contribution in [0.15, 0.2) is 4.76 Å². The maximum atomic E-state index is 10.8. The molecule has 56 valence electrons. The van der Waals surface area contributed by atoms with E-state index in [1.165, 1.54) is 0 Å². The van der Waals surface area contributed by atoms with Gasteiger partial charge in [-0.1, -0.05) is 23.5 Å². The van der Waals surface area contributed by atoms with Crippen LogP contribution in [0.1, 0.15) is 6.92 Å². The Kier molecular flexibility index (Phi) is 3.70. The van der Waals surface area contributed by atoms with Gasteiger partial charge in [-0.15, -0.1) is 4.52 Å². The Hall–Kier alpha value is 0.430. The summed E-state index contributed by atoms with van der Waals surface area (Å²) >= 11 is 3.22. The molecular weight excluding hydrogens is 189 g/mol. The lowest BCUT2D eigenvalue weighted by Crippen LogP contribution is -1.96. The van der Waals surface area contributed by atoms with Crippen molar-refractivity contribution >= 4 is 36.1 Å². The molecule has 1 saturated heterocycles. The van der Waals surface area contributed by atoms with Gasteiger partial charge in [0.05, 0.1) is 5.08 Å². The smallest absolute Gasteiger partial charge is 0.124 e. The first-order valence-corrected chi connectivity index (χ1v) is 5.87. The van der Waals surface area contributed by atoms with Gasteiger partial charge in [-0.3, -0.25) is 0 Å². The van der Waals surface area contributed by atoms with Gasteiger partial charge in [0, 0.05) is 9.33 Å². The SMILES string of the molecule is CCO[P+](=O)N=C1SCS1. The number of thioether (sulfide) groups is 2. The van der Waals surface area contributed by atoms with Gasteiger partial charge in [0.2, 0.25) is 0 Å². The van der Waals surface area contributed by atoms with E-state index in [0.717, 1.165) is 9.46 Å². The number of nitrogens with zero attached hydrogens (tertiary/aromatic N) is 1. The van der Waals surface area contributed by atoms with Crippen molar-refractivity contribution in [1.82, 2.24) is 0 Å². The summed E-state index contributed by atoms with van der Waals surface area (Å²) in [5.41, 5.74) is 0. The van der Waals surface area contributed by atoms with Gasteiger partial charge in [-0.2, -0.15) is 0 Å². The predicted octanol–water partition coefficient (Wildman–Crippen LogP) is 2.47. The second-order valence-corrected chi connectivity index (χ2v) is 4.91. The average molecular weight is 196 g/mol. The third-order valence-corrected chi connectivity index (χ3v) is 4.21. The lowest BCUT2D eigenvalue weighted by molar-refractivity contribution is 0.351. The summed E-state index contributed by atoms with van der Waals surface area (Å²) in [7, 11) is -1.78. The van der Waals surface area contributed by atoms with Crippen LogP contribution in [-0.4, -0.2) is 16.1 Å². The maximum Gasteiger partial charge on any atom is 0.670 e. The molecule has 10 heavy (non-hydrogen) atoms. The summed E-state index contributed by atoms with van der Waals surface area (Å²) < 4.78 is 20.2. The Labute approximate surface area is 68.9 Å². The van der Waals surface area contributed by atoms with Crippen molar-refractivity contribution < 1.29 is 9.09 Å². The molecule has 0 spiro atoms. The molecule has 0 amide bonds. The first-order chi connectivity index (χ1) is 4.83. The molecule has 1 heterocycles. The molecule has 1 unspecified atom stereocenters. The standard InChI is InChI=1S/C4H7NO2PS2/c1-2-7-8(6)5-4-9-3-10-4/h2-3H2,1H3/q+1. The Morgan fingerprint density at radius 3 is 2.90 bits per heavy atom. The van der Waals surface area contributed by atoms with Crippen molar-refractivity contribution in [1.29, 1.82) is 0 Å². The molecule has 0 aromatic carbocycles. The summed E-state index contributed by atoms with van der Waals surface area (Å²) in [5.74, 6) is 0. The summed E-state index contributed by atoms with van der Waals surface area (Å²) in [6.07, 6.45) is 0. The van der Waals surface area contributed by atoms with Crippen LogP contribution in [0, 0.1) is 0 Å². The molecule has 0 aromatic rings. The van der Waals surface area contributed by atoms with Crippen LogP contribution in [0.2, 0.25) is 0 Å². The minimum atomic E-state index is -1.78. The highest BCUT2D eigenvalue weighted by Gasteiger charge is 2.22. The first kappa shape index (κ1) is 8.53. The van der Waals surface area contributed by atoms with Gasteiger partial charge < -0.3 is 0 Å². The van der Waals surface area contributed by atoms with Crippen molar-refractivity contribution in [3.8, 4) is 0 Å². The van der Waals surface area contributed by atoms with Crippen molar-refractivity contribution in [3.63, 3.8) is 0 Å². The van der Waals surface area contributed by atoms with E-state index < -0.39 is 8.18 Å².